The van der Waals surface area contributed by atoms with E-state index in [1.165, 1.54) is 48.6 Å². The first-order valence-electron chi connectivity index (χ1n) is 10.5. The number of amidine groups is 1. The highest BCUT2D eigenvalue weighted by molar-refractivity contribution is 6.07. The fraction of sp³-hybridized carbons (Fsp3) is 0.0769. The van der Waals surface area contributed by atoms with Crippen molar-refractivity contribution in [2.24, 2.45) is 10.9 Å². The van der Waals surface area contributed by atoms with E-state index in [2.05, 4.69) is 10.5 Å². The maximum absolute atomic E-state index is 13.0. The number of nitrogens with two attached hydrogens (primary N) is 1. The number of amides is 1. The number of benzene rings is 3. The van der Waals surface area contributed by atoms with Gasteiger partial charge in [-0.3, -0.25) is 4.79 Å². The molecule has 0 atom stereocenters. The molecule has 0 radical (unpaired) electrons. The van der Waals surface area contributed by atoms with Crippen molar-refractivity contribution >= 4 is 23.0 Å². The van der Waals surface area contributed by atoms with E-state index in [0.717, 1.165) is 30.3 Å². The molecule has 0 saturated carbocycles. The van der Waals surface area contributed by atoms with Gasteiger partial charge in [0.2, 0.25) is 5.91 Å². The van der Waals surface area contributed by atoms with Crippen LogP contribution in [0.1, 0.15) is 27.8 Å². The molecule has 0 aromatic heterocycles. The molecule has 3 aromatic carbocycles. The summed E-state index contributed by atoms with van der Waals surface area (Å²) in [4.78, 5) is 12.4. The van der Waals surface area contributed by atoms with Crippen LogP contribution in [0.25, 0.3) is 5.57 Å². The number of anilines is 1. The highest BCUT2D eigenvalue weighted by Crippen LogP contribution is 2.33. The van der Waals surface area contributed by atoms with E-state index in [-0.39, 0.29) is 33.8 Å². The van der Waals surface area contributed by atoms with Crippen LogP contribution in [0.4, 0.5) is 32.0 Å². The lowest BCUT2D eigenvalue weighted by Gasteiger charge is -2.12. The van der Waals surface area contributed by atoms with Crippen LogP contribution in [-0.4, -0.2) is 17.0 Å². The molecule has 1 amide bonds. The lowest BCUT2D eigenvalue weighted by Crippen LogP contribution is -2.17. The van der Waals surface area contributed by atoms with Crippen LogP contribution >= 0.6 is 0 Å². The molecule has 0 unspecified atom stereocenters. The van der Waals surface area contributed by atoms with E-state index in [4.69, 9.17) is 10.9 Å². The molecular formula is C26H19F6N3O2. The topological polar surface area (TPSA) is 87.7 Å². The third kappa shape index (κ3) is 7.00. The second kappa shape index (κ2) is 11.0. The van der Waals surface area contributed by atoms with E-state index in [0.29, 0.717) is 0 Å². The number of carbonyl (C=O) groups is 1. The number of halogens is 6. The van der Waals surface area contributed by atoms with Crippen molar-refractivity contribution in [1.82, 2.24) is 0 Å². The van der Waals surface area contributed by atoms with Crippen LogP contribution in [-0.2, 0) is 17.1 Å². The monoisotopic (exact) mass is 519 g/mol. The van der Waals surface area contributed by atoms with Gasteiger partial charge in [0.15, 0.2) is 5.84 Å². The van der Waals surface area contributed by atoms with Gasteiger partial charge in [0.1, 0.15) is 0 Å². The van der Waals surface area contributed by atoms with Crippen molar-refractivity contribution in [3.05, 3.63) is 119 Å². The summed E-state index contributed by atoms with van der Waals surface area (Å²) in [6, 6.07) is 14.4. The summed E-state index contributed by atoms with van der Waals surface area (Å²) < 4.78 is 77.8. The summed E-state index contributed by atoms with van der Waals surface area (Å²) in [5, 5.41) is 14.3. The van der Waals surface area contributed by atoms with Crippen molar-refractivity contribution in [1.29, 1.82) is 0 Å². The molecule has 3 aromatic rings. The van der Waals surface area contributed by atoms with Gasteiger partial charge in [-0.15, -0.1) is 0 Å². The second-order valence-corrected chi connectivity index (χ2v) is 7.61. The molecule has 0 fully saturated rings. The Bertz CT molecular complexity index is 1280. The summed E-state index contributed by atoms with van der Waals surface area (Å²) >= 11 is 0. The summed E-state index contributed by atoms with van der Waals surface area (Å²) in [5.74, 6) is -0.847. The summed E-state index contributed by atoms with van der Waals surface area (Å²) in [5.41, 5.74) is 5.19. The molecule has 0 aliphatic heterocycles. The average Bonchev–Trinajstić information content (AvgIpc) is 2.85. The van der Waals surface area contributed by atoms with E-state index in [1.54, 1.807) is 12.1 Å². The SMILES string of the molecule is NC(=NO)c1ccccc1NC(=O)/C=C/C=C(c1ccc(C(F)(F)F)cc1)c1ccc(C(F)(F)F)cc1. The Hall–Kier alpha value is -4.54. The van der Waals surface area contributed by atoms with Gasteiger partial charge in [-0.2, -0.15) is 26.3 Å². The number of oxime groups is 1. The minimum atomic E-state index is -4.56. The number of rotatable bonds is 6. The zero-order valence-electron chi connectivity index (χ0n) is 18.8. The van der Waals surface area contributed by atoms with E-state index < -0.39 is 29.4 Å². The normalized spacial score (nSPS) is 12.4. The Labute approximate surface area is 207 Å². The summed E-state index contributed by atoms with van der Waals surface area (Å²) in [7, 11) is 0. The number of hydrogen-bond acceptors (Lipinski definition) is 3. The molecular weight excluding hydrogens is 500 g/mol. The zero-order chi connectivity index (χ0) is 27.2. The molecule has 4 N–H and O–H groups in total. The van der Waals surface area contributed by atoms with Crippen LogP contribution in [0.3, 0.4) is 0 Å². The van der Waals surface area contributed by atoms with Crippen molar-refractivity contribution in [2.45, 2.75) is 12.4 Å². The first-order valence-corrected chi connectivity index (χ1v) is 10.5. The Morgan fingerprint density at radius 3 is 1.76 bits per heavy atom. The highest BCUT2D eigenvalue weighted by atomic mass is 19.4. The van der Waals surface area contributed by atoms with Gasteiger partial charge in [-0.1, -0.05) is 53.7 Å². The van der Waals surface area contributed by atoms with Crippen molar-refractivity contribution in [2.75, 3.05) is 5.32 Å². The molecule has 192 valence electrons. The number of alkyl halides is 6. The van der Waals surface area contributed by atoms with Crippen molar-refractivity contribution in [3.8, 4) is 0 Å². The molecule has 0 spiro atoms. The van der Waals surface area contributed by atoms with Crippen LogP contribution in [0, 0.1) is 0 Å². The fourth-order valence-electron chi connectivity index (χ4n) is 3.31. The first-order chi connectivity index (χ1) is 17.4. The van der Waals surface area contributed by atoms with E-state index in [9.17, 15) is 31.1 Å². The lowest BCUT2D eigenvalue weighted by molar-refractivity contribution is -0.138. The highest BCUT2D eigenvalue weighted by Gasteiger charge is 2.31. The smallest absolute Gasteiger partial charge is 0.409 e. The van der Waals surface area contributed by atoms with Gasteiger partial charge < -0.3 is 16.3 Å². The maximum Gasteiger partial charge on any atom is 0.416 e. The minimum Gasteiger partial charge on any atom is -0.409 e. The quantitative estimate of drug-likeness (QED) is 0.0666. The number of hydrogen-bond donors (Lipinski definition) is 3. The molecule has 0 bridgehead atoms. The number of para-hydroxylation sites is 1. The molecule has 3 rings (SSSR count). The zero-order valence-corrected chi connectivity index (χ0v) is 18.8. The third-order valence-corrected chi connectivity index (χ3v) is 5.13. The van der Waals surface area contributed by atoms with Gasteiger partial charge in [0.05, 0.1) is 16.8 Å². The molecule has 0 saturated heterocycles. The maximum atomic E-state index is 13.0. The third-order valence-electron chi connectivity index (χ3n) is 5.13. The molecule has 0 heterocycles. The lowest BCUT2D eigenvalue weighted by atomic mass is 9.95. The van der Waals surface area contributed by atoms with Gasteiger partial charge in [0.25, 0.3) is 0 Å². The van der Waals surface area contributed by atoms with Crippen LogP contribution in [0.5, 0.6) is 0 Å². The minimum absolute atomic E-state index is 0.230. The molecule has 0 aliphatic rings. The number of allylic oxidation sites excluding steroid dienone is 2. The fourth-order valence-corrected chi connectivity index (χ4v) is 3.31. The van der Waals surface area contributed by atoms with Crippen molar-refractivity contribution in [3.63, 3.8) is 0 Å². The predicted molar refractivity (Wildman–Crippen MR) is 127 cm³/mol. The van der Waals surface area contributed by atoms with Gasteiger partial charge in [-0.25, -0.2) is 0 Å². The Balaban J connectivity index is 1.93. The van der Waals surface area contributed by atoms with Gasteiger partial charge >= 0.3 is 12.4 Å². The standard InChI is InChI=1S/C26H19F6N3O2/c27-25(28,29)18-12-8-16(9-13-18)20(17-10-14-19(15-11-17)26(30,31)32)5-3-7-23(36)34-22-6-2-1-4-21(22)24(33)35-37/h1-15,37H,(H2,33,35)(H,34,36)/b7-3+. The van der Waals surface area contributed by atoms with E-state index in [1.807, 2.05) is 0 Å². The van der Waals surface area contributed by atoms with Crippen LogP contribution in [0.15, 0.2) is 96.2 Å². The van der Waals surface area contributed by atoms with Crippen LogP contribution < -0.4 is 11.1 Å². The number of nitrogens with zero attached hydrogens (tertiary/aromatic N) is 1. The number of nitrogens with one attached hydrogen (secondary N) is 1. The Kier molecular flexibility index (Phi) is 8.06. The summed E-state index contributed by atoms with van der Waals surface area (Å²) in [6.07, 6.45) is -5.33. The first kappa shape index (κ1) is 27.1. The van der Waals surface area contributed by atoms with Crippen LogP contribution in [0.2, 0.25) is 0 Å². The molecule has 11 heteroatoms. The summed E-state index contributed by atoms with van der Waals surface area (Å²) in [6.45, 7) is 0. The average molecular weight is 519 g/mol. The van der Waals surface area contributed by atoms with Gasteiger partial charge in [0, 0.05) is 11.6 Å². The Morgan fingerprint density at radius 2 is 1.30 bits per heavy atom. The number of carbonyl (C=O) groups excluding carboxylic acids is 1. The largest absolute Gasteiger partial charge is 0.416 e. The Morgan fingerprint density at radius 1 is 0.811 bits per heavy atom. The van der Waals surface area contributed by atoms with Crippen molar-refractivity contribution < 1.29 is 36.3 Å². The predicted octanol–water partition coefficient (Wildman–Crippen LogP) is 6.45. The molecule has 37 heavy (non-hydrogen) atoms. The second-order valence-electron chi connectivity index (χ2n) is 7.61. The molecule has 0 aliphatic carbocycles. The van der Waals surface area contributed by atoms with Gasteiger partial charge in [-0.05, 0) is 53.1 Å². The molecule has 5 nitrogen and oxygen atoms in total. The van der Waals surface area contributed by atoms with E-state index >= 15 is 0 Å².